The van der Waals surface area contributed by atoms with E-state index in [1.807, 2.05) is 0 Å². The van der Waals surface area contributed by atoms with Crippen molar-refractivity contribution in [3.8, 4) is 0 Å². The summed E-state index contributed by atoms with van der Waals surface area (Å²) in [5, 5.41) is 8.90. The van der Waals surface area contributed by atoms with Crippen LogP contribution in [0, 0.1) is 5.82 Å². The largest absolute Gasteiger partial charge is 0.385 e. The Morgan fingerprint density at radius 2 is 1.92 bits per heavy atom. The molecule has 3 heteroatoms. The Morgan fingerprint density at radius 3 is 2.33 bits per heavy atom. The lowest BCUT2D eigenvalue weighted by Gasteiger charge is -2.01. The molecule has 1 N–H and O–H groups in total. The molecule has 2 nitrogen and oxygen atoms in total. The fourth-order valence-corrected chi connectivity index (χ4v) is 0.855. The number of aliphatic hydroxyl groups excluding tert-OH is 1. The molecule has 0 aliphatic rings. The van der Waals surface area contributed by atoms with Crippen molar-refractivity contribution in [2.45, 2.75) is 13.0 Å². The van der Waals surface area contributed by atoms with E-state index in [0.717, 1.165) is 0 Å². The number of benzene rings is 1. The average Bonchev–Trinajstić information content (AvgIpc) is 2.04. The minimum atomic E-state index is -1.03. The van der Waals surface area contributed by atoms with Gasteiger partial charge in [-0.05, 0) is 31.2 Å². The second-order valence-corrected chi connectivity index (χ2v) is 2.55. The van der Waals surface area contributed by atoms with Gasteiger partial charge in [0.2, 0.25) is 0 Å². The normalized spacial score (nSPS) is 12.6. The molecule has 0 saturated carbocycles. The van der Waals surface area contributed by atoms with Crippen LogP contribution in [0.5, 0.6) is 0 Å². The highest BCUT2D eigenvalue weighted by Crippen LogP contribution is 2.05. The van der Waals surface area contributed by atoms with Crippen LogP contribution in [-0.4, -0.2) is 17.0 Å². The van der Waals surface area contributed by atoms with Gasteiger partial charge in [0.05, 0.1) is 0 Å². The SMILES string of the molecule is CC(O)C(=O)c1ccc(F)cc1. The lowest BCUT2D eigenvalue weighted by molar-refractivity contribution is 0.0779. The molecule has 0 aliphatic heterocycles. The molecule has 64 valence electrons. The van der Waals surface area contributed by atoms with Gasteiger partial charge in [-0.3, -0.25) is 4.79 Å². The maximum atomic E-state index is 12.4. The third kappa shape index (κ3) is 1.89. The number of aliphatic hydroxyl groups is 1. The fourth-order valence-electron chi connectivity index (χ4n) is 0.855. The summed E-state index contributed by atoms with van der Waals surface area (Å²) in [7, 11) is 0. The van der Waals surface area contributed by atoms with E-state index in [2.05, 4.69) is 0 Å². The van der Waals surface area contributed by atoms with E-state index < -0.39 is 17.7 Å². The van der Waals surface area contributed by atoms with Gasteiger partial charge in [-0.15, -0.1) is 0 Å². The molecule has 1 aromatic rings. The van der Waals surface area contributed by atoms with Gasteiger partial charge in [0.15, 0.2) is 5.78 Å². The highest BCUT2D eigenvalue weighted by molar-refractivity contribution is 5.98. The van der Waals surface area contributed by atoms with E-state index in [9.17, 15) is 9.18 Å². The van der Waals surface area contributed by atoms with Gasteiger partial charge in [0.1, 0.15) is 11.9 Å². The van der Waals surface area contributed by atoms with Crippen molar-refractivity contribution >= 4 is 5.78 Å². The highest BCUT2D eigenvalue weighted by atomic mass is 19.1. The number of hydrogen-bond acceptors (Lipinski definition) is 2. The second-order valence-electron chi connectivity index (χ2n) is 2.55. The predicted molar refractivity (Wildman–Crippen MR) is 42.4 cm³/mol. The minimum absolute atomic E-state index is 0.325. The van der Waals surface area contributed by atoms with Crippen LogP contribution in [0.3, 0.4) is 0 Å². The van der Waals surface area contributed by atoms with E-state index in [4.69, 9.17) is 5.11 Å². The van der Waals surface area contributed by atoms with Gasteiger partial charge in [-0.25, -0.2) is 4.39 Å². The van der Waals surface area contributed by atoms with Crippen molar-refractivity contribution in [2.75, 3.05) is 0 Å². The van der Waals surface area contributed by atoms with Gasteiger partial charge in [0, 0.05) is 5.56 Å². The van der Waals surface area contributed by atoms with Crippen LogP contribution in [0.1, 0.15) is 17.3 Å². The Morgan fingerprint density at radius 1 is 1.42 bits per heavy atom. The number of halogens is 1. The summed E-state index contributed by atoms with van der Waals surface area (Å²) in [5.74, 6) is -0.785. The predicted octanol–water partition coefficient (Wildman–Crippen LogP) is 1.39. The molecule has 1 rings (SSSR count). The molecule has 0 saturated heterocycles. The third-order valence-corrected chi connectivity index (χ3v) is 1.51. The van der Waals surface area contributed by atoms with Crippen LogP contribution in [0.25, 0.3) is 0 Å². The second kappa shape index (κ2) is 3.45. The van der Waals surface area contributed by atoms with Crippen LogP contribution in [0.2, 0.25) is 0 Å². The topological polar surface area (TPSA) is 37.3 Å². The summed E-state index contributed by atoms with van der Waals surface area (Å²) in [6, 6.07) is 5.08. The molecule has 0 aromatic heterocycles. The first-order valence-corrected chi connectivity index (χ1v) is 3.59. The maximum Gasteiger partial charge on any atom is 0.190 e. The molecule has 0 heterocycles. The Bertz CT molecular complexity index is 277. The molecule has 0 amide bonds. The molecule has 1 unspecified atom stereocenters. The zero-order valence-electron chi connectivity index (χ0n) is 6.62. The first-order chi connectivity index (χ1) is 5.61. The van der Waals surface area contributed by atoms with E-state index >= 15 is 0 Å². The van der Waals surface area contributed by atoms with Gasteiger partial charge in [-0.2, -0.15) is 0 Å². The van der Waals surface area contributed by atoms with Gasteiger partial charge in [-0.1, -0.05) is 0 Å². The van der Waals surface area contributed by atoms with E-state index in [1.54, 1.807) is 0 Å². The summed E-state index contributed by atoms with van der Waals surface area (Å²) in [6.07, 6.45) is -1.03. The number of carbonyl (C=O) groups is 1. The number of carbonyl (C=O) groups excluding carboxylic acids is 1. The first-order valence-electron chi connectivity index (χ1n) is 3.59. The average molecular weight is 168 g/mol. The Labute approximate surface area is 69.6 Å². The minimum Gasteiger partial charge on any atom is -0.385 e. The first kappa shape index (κ1) is 8.87. The van der Waals surface area contributed by atoms with E-state index in [1.165, 1.54) is 31.2 Å². The van der Waals surface area contributed by atoms with Crippen LogP contribution >= 0.6 is 0 Å². The smallest absolute Gasteiger partial charge is 0.190 e. The lowest BCUT2D eigenvalue weighted by Crippen LogP contribution is -2.15. The van der Waals surface area contributed by atoms with Crippen molar-refractivity contribution in [1.82, 2.24) is 0 Å². The van der Waals surface area contributed by atoms with Crippen LogP contribution < -0.4 is 0 Å². The van der Waals surface area contributed by atoms with Crippen molar-refractivity contribution in [3.05, 3.63) is 35.6 Å². The highest BCUT2D eigenvalue weighted by Gasteiger charge is 2.10. The van der Waals surface area contributed by atoms with E-state index in [0.29, 0.717) is 5.56 Å². The maximum absolute atomic E-state index is 12.4. The summed E-state index contributed by atoms with van der Waals surface area (Å²) < 4.78 is 12.4. The van der Waals surface area contributed by atoms with Crippen molar-refractivity contribution in [3.63, 3.8) is 0 Å². The zero-order valence-corrected chi connectivity index (χ0v) is 6.62. The van der Waals surface area contributed by atoms with Crippen molar-refractivity contribution < 1.29 is 14.3 Å². The number of ketones is 1. The standard InChI is InChI=1S/C9H9FO2/c1-6(11)9(12)7-2-4-8(10)5-3-7/h2-6,11H,1H3. The number of Topliss-reactive ketones (excluding diaryl/α,β-unsaturated/α-hetero) is 1. The molecular weight excluding hydrogens is 159 g/mol. The van der Waals surface area contributed by atoms with Crippen molar-refractivity contribution in [2.24, 2.45) is 0 Å². The Kier molecular flexibility index (Phi) is 2.55. The van der Waals surface area contributed by atoms with Gasteiger partial charge < -0.3 is 5.11 Å². The molecule has 0 aliphatic carbocycles. The molecule has 0 spiro atoms. The summed E-state index contributed by atoms with van der Waals surface area (Å²) >= 11 is 0. The van der Waals surface area contributed by atoms with E-state index in [-0.39, 0.29) is 0 Å². The van der Waals surface area contributed by atoms with Crippen LogP contribution in [0.15, 0.2) is 24.3 Å². The molecule has 12 heavy (non-hydrogen) atoms. The third-order valence-electron chi connectivity index (χ3n) is 1.51. The number of hydrogen-bond donors (Lipinski definition) is 1. The fraction of sp³-hybridized carbons (Fsp3) is 0.222. The molecule has 1 atom stereocenters. The molecule has 0 radical (unpaired) electrons. The Balaban J connectivity index is 2.90. The lowest BCUT2D eigenvalue weighted by atomic mass is 10.1. The monoisotopic (exact) mass is 168 g/mol. The summed E-state index contributed by atoms with van der Waals surface area (Å²) in [4.78, 5) is 11.1. The number of rotatable bonds is 2. The molecule has 0 bridgehead atoms. The van der Waals surface area contributed by atoms with Gasteiger partial charge in [0.25, 0.3) is 0 Å². The summed E-state index contributed by atoms with van der Waals surface area (Å²) in [6.45, 7) is 1.38. The zero-order chi connectivity index (χ0) is 9.14. The summed E-state index contributed by atoms with van der Waals surface area (Å²) in [5.41, 5.74) is 0.325. The van der Waals surface area contributed by atoms with Crippen LogP contribution in [0.4, 0.5) is 4.39 Å². The molecule has 1 aromatic carbocycles. The van der Waals surface area contributed by atoms with Gasteiger partial charge >= 0.3 is 0 Å². The molecular formula is C9H9FO2. The van der Waals surface area contributed by atoms with Crippen LogP contribution in [-0.2, 0) is 0 Å². The Hall–Kier alpha value is -1.22. The van der Waals surface area contributed by atoms with Crippen molar-refractivity contribution in [1.29, 1.82) is 0 Å². The molecule has 0 fully saturated rings. The quantitative estimate of drug-likeness (QED) is 0.677.